The maximum absolute atomic E-state index is 11.7. The van der Waals surface area contributed by atoms with E-state index in [2.05, 4.69) is 27.0 Å². The lowest BCUT2D eigenvalue weighted by Crippen LogP contribution is -2.16. The van der Waals surface area contributed by atoms with Crippen LogP contribution in [0.4, 0.5) is 0 Å². The van der Waals surface area contributed by atoms with Crippen LogP contribution < -0.4 is 4.74 Å². The second kappa shape index (κ2) is 5.98. The fourth-order valence-corrected chi connectivity index (χ4v) is 3.11. The number of aromatic nitrogens is 1. The van der Waals surface area contributed by atoms with Gasteiger partial charge in [0.15, 0.2) is 0 Å². The number of halogens is 1. The number of Topliss-reactive ketones (excluding diaryl/α,β-unsaturated/α-hetero) is 1. The number of hydrogen-bond acceptors (Lipinski definition) is 3. The Morgan fingerprint density at radius 1 is 1.29 bits per heavy atom. The minimum atomic E-state index is -0.151. The molecule has 0 amide bonds. The van der Waals surface area contributed by atoms with Crippen molar-refractivity contribution in [2.75, 3.05) is 0 Å². The molecule has 1 aliphatic rings. The van der Waals surface area contributed by atoms with E-state index in [9.17, 15) is 4.79 Å². The van der Waals surface area contributed by atoms with Gasteiger partial charge in [0.1, 0.15) is 17.6 Å². The molecule has 0 spiro atoms. The summed E-state index contributed by atoms with van der Waals surface area (Å²) in [7, 11) is 0. The lowest BCUT2D eigenvalue weighted by atomic mass is 9.90. The molecule has 2 aromatic rings. The van der Waals surface area contributed by atoms with Gasteiger partial charge in [-0.05, 0) is 43.2 Å². The highest BCUT2D eigenvalue weighted by Gasteiger charge is 2.21. The van der Waals surface area contributed by atoms with E-state index in [1.165, 1.54) is 5.56 Å². The van der Waals surface area contributed by atoms with Crippen LogP contribution in [-0.2, 0) is 17.6 Å². The normalized spacial score (nSPS) is 15.4. The number of pyridine rings is 1. The molecule has 1 aromatic heterocycles. The lowest BCUT2D eigenvalue weighted by Gasteiger charge is -2.22. The first-order valence-corrected chi connectivity index (χ1v) is 7.83. The van der Waals surface area contributed by atoms with E-state index in [-0.39, 0.29) is 11.9 Å². The van der Waals surface area contributed by atoms with Crippen molar-refractivity contribution in [3.05, 3.63) is 57.8 Å². The Bertz CT molecular complexity index is 670. The molecule has 0 saturated heterocycles. The van der Waals surface area contributed by atoms with Gasteiger partial charge in [0.2, 0.25) is 0 Å². The molecule has 3 nitrogen and oxygen atoms in total. The topological polar surface area (TPSA) is 39.2 Å². The molecule has 0 bridgehead atoms. The number of aryl methyl sites for hydroxylation is 1. The minimum Gasteiger partial charge on any atom is -0.484 e. The highest BCUT2D eigenvalue weighted by Crippen LogP contribution is 2.34. The monoisotopic (exact) mass is 345 g/mol. The number of hydrogen-bond donors (Lipinski definition) is 0. The largest absolute Gasteiger partial charge is 0.484 e. The first kappa shape index (κ1) is 14.3. The highest BCUT2D eigenvalue weighted by atomic mass is 79.9. The Hall–Kier alpha value is -1.68. The molecule has 1 aromatic carbocycles. The Morgan fingerprint density at radius 3 is 2.90 bits per heavy atom. The summed E-state index contributed by atoms with van der Waals surface area (Å²) in [5.74, 6) is 1.06. The lowest BCUT2D eigenvalue weighted by molar-refractivity contribution is -0.118. The molecule has 1 unspecified atom stereocenters. The van der Waals surface area contributed by atoms with E-state index < -0.39 is 0 Å². The number of ketones is 1. The predicted molar refractivity (Wildman–Crippen MR) is 84.5 cm³/mol. The van der Waals surface area contributed by atoms with Crippen LogP contribution in [0.5, 0.6) is 5.75 Å². The molecular formula is C17H16BrNO2. The minimum absolute atomic E-state index is 0.151. The van der Waals surface area contributed by atoms with Gasteiger partial charge >= 0.3 is 0 Å². The summed E-state index contributed by atoms with van der Waals surface area (Å²) in [5.41, 5.74) is 3.11. The fraction of sp³-hybridized carbons (Fsp3) is 0.294. The first-order chi connectivity index (χ1) is 10.1. The quantitative estimate of drug-likeness (QED) is 0.842. The van der Waals surface area contributed by atoms with E-state index in [1.807, 2.05) is 31.2 Å². The van der Waals surface area contributed by atoms with Crippen molar-refractivity contribution < 1.29 is 9.53 Å². The summed E-state index contributed by atoms with van der Waals surface area (Å²) >= 11 is 3.52. The third-order valence-corrected chi connectivity index (χ3v) is 4.18. The maximum atomic E-state index is 11.7. The number of fused-ring (bicyclic) bond motifs is 1. The van der Waals surface area contributed by atoms with Crippen LogP contribution in [0.3, 0.4) is 0 Å². The van der Waals surface area contributed by atoms with Crippen molar-refractivity contribution in [1.82, 2.24) is 4.98 Å². The SMILES string of the molecule is CC(Oc1cc(Br)cc2c1CC(=O)CC2)c1ccccn1. The number of carbonyl (C=O) groups excluding carboxylic acids is 1. The number of carbonyl (C=O) groups is 1. The standard InChI is InChI=1S/C17H16BrNO2/c1-11(16-4-2-3-7-19-16)21-17-9-13(18)8-12-5-6-14(20)10-15(12)17/h2-4,7-9,11H,5-6,10H2,1H3. The average Bonchev–Trinajstić information content (AvgIpc) is 2.49. The van der Waals surface area contributed by atoms with E-state index in [0.29, 0.717) is 12.8 Å². The summed E-state index contributed by atoms with van der Waals surface area (Å²) in [4.78, 5) is 16.1. The van der Waals surface area contributed by atoms with Crippen molar-refractivity contribution in [3.63, 3.8) is 0 Å². The molecule has 1 heterocycles. The Kier molecular flexibility index (Phi) is 4.06. The molecule has 0 aliphatic heterocycles. The molecule has 21 heavy (non-hydrogen) atoms. The van der Waals surface area contributed by atoms with Crippen LogP contribution in [0, 0.1) is 0 Å². The van der Waals surface area contributed by atoms with Crippen molar-refractivity contribution in [1.29, 1.82) is 0 Å². The van der Waals surface area contributed by atoms with Crippen LogP contribution in [0.25, 0.3) is 0 Å². The Morgan fingerprint density at radius 2 is 2.14 bits per heavy atom. The van der Waals surface area contributed by atoms with Crippen LogP contribution >= 0.6 is 15.9 Å². The summed E-state index contributed by atoms with van der Waals surface area (Å²) in [6.07, 6.45) is 3.49. The molecule has 0 N–H and O–H groups in total. The van der Waals surface area contributed by atoms with E-state index in [4.69, 9.17) is 4.74 Å². The van der Waals surface area contributed by atoms with Crippen molar-refractivity contribution in [2.24, 2.45) is 0 Å². The first-order valence-electron chi connectivity index (χ1n) is 7.04. The fourth-order valence-electron chi connectivity index (χ4n) is 2.62. The van der Waals surface area contributed by atoms with Crippen molar-refractivity contribution in [2.45, 2.75) is 32.3 Å². The van der Waals surface area contributed by atoms with Gasteiger partial charge in [-0.25, -0.2) is 0 Å². The number of rotatable bonds is 3. The highest BCUT2D eigenvalue weighted by molar-refractivity contribution is 9.10. The molecule has 1 aliphatic carbocycles. The zero-order chi connectivity index (χ0) is 14.8. The van der Waals surface area contributed by atoms with Crippen molar-refractivity contribution >= 4 is 21.7 Å². The molecule has 0 fully saturated rings. The average molecular weight is 346 g/mol. The second-order valence-corrected chi connectivity index (χ2v) is 6.19. The van der Waals surface area contributed by atoms with Gasteiger partial charge in [-0.3, -0.25) is 9.78 Å². The predicted octanol–water partition coefficient (Wildman–Crippen LogP) is 4.04. The van der Waals surface area contributed by atoms with Crippen LogP contribution in [0.2, 0.25) is 0 Å². The van der Waals surface area contributed by atoms with Gasteiger partial charge in [-0.1, -0.05) is 22.0 Å². The second-order valence-electron chi connectivity index (χ2n) is 5.27. The molecule has 108 valence electrons. The summed E-state index contributed by atoms with van der Waals surface area (Å²) in [5, 5.41) is 0. The van der Waals surface area contributed by atoms with Gasteiger partial charge in [-0.2, -0.15) is 0 Å². The van der Waals surface area contributed by atoms with Gasteiger partial charge in [-0.15, -0.1) is 0 Å². The van der Waals surface area contributed by atoms with Gasteiger partial charge in [0.25, 0.3) is 0 Å². The van der Waals surface area contributed by atoms with Gasteiger partial charge in [0, 0.05) is 29.1 Å². The van der Waals surface area contributed by atoms with E-state index >= 15 is 0 Å². The number of nitrogens with zero attached hydrogens (tertiary/aromatic N) is 1. The van der Waals surface area contributed by atoms with E-state index in [0.717, 1.165) is 27.9 Å². The molecule has 0 saturated carbocycles. The molecule has 4 heteroatoms. The van der Waals surface area contributed by atoms with Crippen LogP contribution in [-0.4, -0.2) is 10.8 Å². The molecular weight excluding hydrogens is 330 g/mol. The number of benzene rings is 1. The molecule has 3 rings (SSSR count). The Balaban J connectivity index is 1.92. The summed E-state index contributed by atoms with van der Waals surface area (Å²) < 4.78 is 7.07. The van der Waals surface area contributed by atoms with Gasteiger partial charge in [0.05, 0.1) is 5.69 Å². The third kappa shape index (κ3) is 3.16. The molecule has 1 atom stereocenters. The summed E-state index contributed by atoms with van der Waals surface area (Å²) in [6, 6.07) is 9.80. The molecule has 0 radical (unpaired) electrons. The zero-order valence-electron chi connectivity index (χ0n) is 11.8. The Labute approximate surface area is 132 Å². The number of ether oxygens (including phenoxy) is 1. The van der Waals surface area contributed by atoms with Gasteiger partial charge < -0.3 is 4.74 Å². The zero-order valence-corrected chi connectivity index (χ0v) is 13.4. The maximum Gasteiger partial charge on any atom is 0.138 e. The summed E-state index contributed by atoms with van der Waals surface area (Å²) in [6.45, 7) is 1.97. The van der Waals surface area contributed by atoms with Crippen LogP contribution in [0.15, 0.2) is 41.0 Å². The third-order valence-electron chi connectivity index (χ3n) is 3.72. The van der Waals surface area contributed by atoms with E-state index in [1.54, 1.807) is 6.20 Å². The van der Waals surface area contributed by atoms with Crippen molar-refractivity contribution in [3.8, 4) is 5.75 Å². The smallest absolute Gasteiger partial charge is 0.138 e. The van der Waals surface area contributed by atoms with Crippen LogP contribution in [0.1, 0.15) is 36.3 Å².